The van der Waals surface area contributed by atoms with Gasteiger partial charge in [-0.25, -0.2) is 0 Å². The summed E-state index contributed by atoms with van der Waals surface area (Å²) in [5, 5.41) is 9.11. The second kappa shape index (κ2) is 6.09. The monoisotopic (exact) mass is 325 g/mol. The van der Waals surface area contributed by atoms with E-state index in [2.05, 4.69) is 4.98 Å². The molecule has 0 bridgehead atoms. The number of rotatable bonds is 4. The van der Waals surface area contributed by atoms with E-state index in [-0.39, 0.29) is 12.0 Å². The van der Waals surface area contributed by atoms with Gasteiger partial charge in [0.2, 0.25) is 0 Å². The summed E-state index contributed by atoms with van der Waals surface area (Å²) < 4.78 is 5.83. The number of pyridine rings is 1. The van der Waals surface area contributed by atoms with Crippen molar-refractivity contribution in [1.29, 1.82) is 0 Å². The second-order valence-electron chi connectivity index (χ2n) is 6.13. The number of carbonyl (C=O) groups excluding carboxylic acids is 1. The van der Waals surface area contributed by atoms with Gasteiger partial charge in [-0.15, -0.1) is 0 Å². The average Bonchev–Trinajstić information content (AvgIpc) is 2.90. The van der Waals surface area contributed by atoms with E-state index in [4.69, 9.17) is 9.84 Å². The number of aromatic nitrogens is 1. The number of aliphatic hydroxyl groups excluding tert-OH is 1. The predicted octanol–water partition coefficient (Wildman–Crippen LogP) is 2.20. The molecule has 0 saturated carbocycles. The molecule has 2 N–H and O–H groups in total. The number of carbonyl (C=O) groups is 1. The van der Waals surface area contributed by atoms with Crippen LogP contribution in [-0.2, 0) is 10.2 Å². The maximum Gasteiger partial charge on any atom is 0.199 e. The Morgan fingerprint density at radius 3 is 2.71 bits per heavy atom. The Labute approximate surface area is 139 Å². The number of nitrogens with one attached hydrogen (secondary N) is 1. The zero-order chi connectivity index (χ0) is 17.3. The van der Waals surface area contributed by atoms with Crippen LogP contribution in [0.2, 0.25) is 0 Å². The first kappa shape index (κ1) is 16.2. The third-order valence-corrected chi connectivity index (χ3v) is 4.52. The minimum Gasteiger partial charge on any atom is -0.469 e. The molecule has 2 aromatic rings. The fraction of sp³-hybridized carbons (Fsp3) is 0.263. The molecular weight excluding hydrogens is 306 g/mol. The third kappa shape index (κ3) is 2.37. The summed E-state index contributed by atoms with van der Waals surface area (Å²) in [5.74, 6) is 0.310. The molecule has 0 saturated heterocycles. The third-order valence-electron chi connectivity index (χ3n) is 4.52. The van der Waals surface area contributed by atoms with E-state index in [0.29, 0.717) is 22.6 Å². The first-order valence-electron chi connectivity index (χ1n) is 7.75. The predicted molar refractivity (Wildman–Crippen MR) is 91.2 cm³/mol. The summed E-state index contributed by atoms with van der Waals surface area (Å²) in [6.07, 6.45) is 3.32. The van der Waals surface area contributed by atoms with Crippen LogP contribution in [0.4, 0.5) is 0 Å². The largest absolute Gasteiger partial charge is 0.469 e. The Balaban J connectivity index is 2.19. The molecule has 0 amide bonds. The van der Waals surface area contributed by atoms with Gasteiger partial charge in [0.1, 0.15) is 12.4 Å². The lowest BCUT2D eigenvalue weighted by Gasteiger charge is -2.24. The van der Waals surface area contributed by atoms with E-state index in [1.165, 1.54) is 0 Å². The number of benzene rings is 1. The van der Waals surface area contributed by atoms with E-state index in [1.807, 2.05) is 30.3 Å². The van der Waals surface area contributed by atoms with Crippen molar-refractivity contribution in [3.05, 3.63) is 64.0 Å². The number of aliphatic hydroxyl groups is 1. The first-order valence-corrected chi connectivity index (χ1v) is 7.75. The highest BCUT2D eigenvalue weighted by Crippen LogP contribution is 2.41. The molecular formula is C19H19NO4. The topological polar surface area (TPSA) is 79.4 Å². The van der Waals surface area contributed by atoms with Crippen molar-refractivity contribution in [2.75, 3.05) is 6.61 Å². The van der Waals surface area contributed by atoms with Gasteiger partial charge < -0.3 is 19.6 Å². The Bertz CT molecular complexity index is 853. The summed E-state index contributed by atoms with van der Waals surface area (Å²) in [6, 6.07) is 9.28. The molecule has 1 aromatic carbocycles. The van der Waals surface area contributed by atoms with Crippen LogP contribution in [0.15, 0.2) is 53.0 Å². The fourth-order valence-corrected chi connectivity index (χ4v) is 3.24. The summed E-state index contributed by atoms with van der Waals surface area (Å²) in [4.78, 5) is 27.9. The zero-order valence-corrected chi connectivity index (χ0v) is 13.6. The number of ether oxygens (including phenoxy) is 1. The van der Waals surface area contributed by atoms with Gasteiger partial charge in [0.15, 0.2) is 11.3 Å². The normalized spacial score (nSPS) is 22.8. The Morgan fingerprint density at radius 1 is 1.38 bits per heavy atom. The molecule has 0 fully saturated rings. The summed E-state index contributed by atoms with van der Waals surface area (Å²) in [5.41, 5.74) is 0.982. The van der Waals surface area contributed by atoms with Crippen LogP contribution in [0, 0.1) is 0 Å². The van der Waals surface area contributed by atoms with Crippen LogP contribution >= 0.6 is 0 Å². The van der Waals surface area contributed by atoms with Gasteiger partial charge in [0.25, 0.3) is 0 Å². The number of hydrogen-bond acceptors (Lipinski definition) is 4. The highest BCUT2D eigenvalue weighted by Gasteiger charge is 2.49. The number of aromatic amines is 1. The average molecular weight is 325 g/mol. The van der Waals surface area contributed by atoms with Crippen LogP contribution in [0.3, 0.4) is 0 Å². The van der Waals surface area contributed by atoms with Crippen molar-refractivity contribution in [1.82, 2.24) is 4.98 Å². The van der Waals surface area contributed by atoms with Crippen molar-refractivity contribution in [2.45, 2.75) is 25.4 Å². The molecule has 0 spiro atoms. The number of aldehydes is 1. The Kier molecular flexibility index (Phi) is 4.11. The van der Waals surface area contributed by atoms with Gasteiger partial charge in [-0.3, -0.25) is 4.79 Å². The molecule has 0 aliphatic carbocycles. The second-order valence-corrected chi connectivity index (χ2v) is 6.13. The quantitative estimate of drug-likeness (QED) is 0.667. The van der Waals surface area contributed by atoms with Crippen LogP contribution < -0.4 is 10.2 Å². The van der Waals surface area contributed by atoms with Crippen molar-refractivity contribution in [2.24, 2.45) is 0 Å². The minimum absolute atomic E-state index is 0.153. The molecule has 0 unspecified atom stereocenters. The smallest absolute Gasteiger partial charge is 0.199 e. The van der Waals surface area contributed by atoms with Crippen LogP contribution in [0.25, 0.3) is 11.1 Å². The fourth-order valence-electron chi connectivity index (χ4n) is 3.24. The Morgan fingerprint density at radius 2 is 2.08 bits per heavy atom. The van der Waals surface area contributed by atoms with Crippen LogP contribution in [0.1, 0.15) is 19.4 Å². The molecule has 0 radical (unpaired) electrons. The molecule has 2 heterocycles. The summed E-state index contributed by atoms with van der Waals surface area (Å²) >= 11 is 0. The van der Waals surface area contributed by atoms with Crippen molar-refractivity contribution in [3.63, 3.8) is 0 Å². The number of H-pyrrole nitrogens is 1. The van der Waals surface area contributed by atoms with Gasteiger partial charge in [0.05, 0.1) is 17.6 Å². The van der Waals surface area contributed by atoms with Crippen LogP contribution in [-0.4, -0.2) is 29.1 Å². The molecule has 2 atom stereocenters. The lowest BCUT2D eigenvalue weighted by atomic mass is 9.77. The maximum atomic E-state index is 13.0. The molecule has 1 aliphatic heterocycles. The van der Waals surface area contributed by atoms with E-state index in [9.17, 15) is 9.59 Å². The maximum absolute atomic E-state index is 13.0. The number of hydrogen-bond donors (Lipinski definition) is 2. The molecule has 124 valence electrons. The van der Waals surface area contributed by atoms with E-state index >= 15 is 0 Å². The van der Waals surface area contributed by atoms with Gasteiger partial charge in [0, 0.05) is 11.8 Å². The van der Waals surface area contributed by atoms with Gasteiger partial charge in [-0.1, -0.05) is 36.4 Å². The highest BCUT2D eigenvalue weighted by atomic mass is 16.5. The minimum atomic E-state index is -1.11. The molecule has 1 aromatic heterocycles. The van der Waals surface area contributed by atoms with E-state index < -0.39 is 11.5 Å². The van der Waals surface area contributed by atoms with Gasteiger partial charge >= 0.3 is 0 Å². The molecule has 1 aliphatic rings. The molecule has 3 rings (SSSR count). The summed E-state index contributed by atoms with van der Waals surface area (Å²) in [7, 11) is 0. The Hall–Kier alpha value is -2.66. The van der Waals surface area contributed by atoms with Crippen LogP contribution in [0.5, 0.6) is 5.88 Å². The van der Waals surface area contributed by atoms with E-state index in [0.717, 1.165) is 11.8 Å². The number of fused-ring (bicyclic) bond motifs is 1. The SMILES string of the molecule is C/C(=C\CO)[C@H]1Oc2[nH]cc(-c3ccccc3)c(=O)c2[C@@]1(C)C=O. The standard InChI is InChI=1S/C19H19NO4/c1-12(8-9-21)17-19(2,11-22)15-16(23)14(10-20-18(15)24-17)13-6-4-3-5-7-13/h3-8,10-11,17,21H,9H2,1-2H3,(H,20,23)/b12-8+/t17-,19-/m1/s1. The van der Waals surface area contributed by atoms with Crippen molar-refractivity contribution in [3.8, 4) is 17.0 Å². The first-order chi connectivity index (χ1) is 11.5. The lowest BCUT2D eigenvalue weighted by molar-refractivity contribution is -0.113. The molecule has 24 heavy (non-hydrogen) atoms. The molecule has 5 nitrogen and oxygen atoms in total. The highest BCUT2D eigenvalue weighted by molar-refractivity contribution is 5.76. The molecule has 5 heteroatoms. The summed E-state index contributed by atoms with van der Waals surface area (Å²) in [6.45, 7) is 3.31. The van der Waals surface area contributed by atoms with E-state index in [1.54, 1.807) is 26.1 Å². The zero-order valence-electron chi connectivity index (χ0n) is 13.6. The lowest BCUT2D eigenvalue weighted by Crippen LogP contribution is -2.40. The van der Waals surface area contributed by atoms with Crippen molar-refractivity contribution < 1.29 is 14.6 Å². The van der Waals surface area contributed by atoms with Gasteiger partial charge in [-0.05, 0) is 25.0 Å². The van der Waals surface area contributed by atoms with Crippen molar-refractivity contribution >= 4 is 6.29 Å². The van der Waals surface area contributed by atoms with Gasteiger partial charge in [-0.2, -0.15) is 0 Å².